The molecule has 0 radical (unpaired) electrons. The Morgan fingerprint density at radius 2 is 1.97 bits per heavy atom. The number of amides is 2. The first-order valence-electron chi connectivity index (χ1n) is 10.4. The zero-order valence-corrected chi connectivity index (χ0v) is 18.0. The molecular formula is C22H21F2N7O2. The second-order valence-electron chi connectivity index (χ2n) is 8.05. The molecule has 5 rings (SSSR count). The minimum Gasteiger partial charge on any atom is -0.483 e. The Morgan fingerprint density at radius 1 is 1.15 bits per heavy atom. The van der Waals surface area contributed by atoms with Crippen LogP contribution in [0.3, 0.4) is 0 Å². The summed E-state index contributed by atoms with van der Waals surface area (Å²) in [6, 6.07) is 4.01. The minimum absolute atomic E-state index is 0.0684. The molecule has 0 N–H and O–H groups in total. The number of hydrazone groups is 1. The summed E-state index contributed by atoms with van der Waals surface area (Å²) in [5.41, 5.74) is 2.68. The van der Waals surface area contributed by atoms with Crippen LogP contribution in [-0.4, -0.2) is 61.1 Å². The Labute approximate surface area is 188 Å². The quantitative estimate of drug-likeness (QED) is 0.606. The molecular weight excluding hydrogens is 432 g/mol. The summed E-state index contributed by atoms with van der Waals surface area (Å²) in [7, 11) is 1.79. The van der Waals surface area contributed by atoms with Gasteiger partial charge in [0.15, 0.2) is 11.6 Å². The van der Waals surface area contributed by atoms with Crippen LogP contribution < -0.4 is 4.74 Å². The number of halogens is 2. The van der Waals surface area contributed by atoms with Gasteiger partial charge in [0.1, 0.15) is 11.9 Å². The average Bonchev–Trinajstić information content (AvgIpc) is 3.37. The van der Waals surface area contributed by atoms with E-state index in [1.54, 1.807) is 22.8 Å². The molecule has 33 heavy (non-hydrogen) atoms. The minimum atomic E-state index is -0.578. The van der Waals surface area contributed by atoms with E-state index in [4.69, 9.17) is 4.74 Å². The molecule has 0 aliphatic carbocycles. The maximum Gasteiger partial charge on any atom is 0.341 e. The van der Waals surface area contributed by atoms with Crippen molar-refractivity contribution < 1.29 is 18.3 Å². The van der Waals surface area contributed by atoms with Gasteiger partial charge in [-0.25, -0.2) is 18.6 Å². The van der Waals surface area contributed by atoms with Gasteiger partial charge in [-0.2, -0.15) is 10.2 Å². The van der Waals surface area contributed by atoms with Gasteiger partial charge in [-0.15, -0.1) is 0 Å². The molecule has 2 amide bonds. The molecule has 2 aliphatic rings. The Morgan fingerprint density at radius 3 is 2.70 bits per heavy atom. The Bertz CT molecular complexity index is 1240. The highest BCUT2D eigenvalue weighted by Crippen LogP contribution is 2.31. The number of likely N-dealkylation sites (tertiary alicyclic amines) is 1. The lowest BCUT2D eigenvalue weighted by Gasteiger charge is -2.41. The van der Waals surface area contributed by atoms with Crippen molar-refractivity contribution in [2.24, 2.45) is 12.1 Å². The molecule has 3 aromatic heterocycles. The average molecular weight is 453 g/mol. The highest BCUT2D eigenvalue weighted by atomic mass is 19.1. The lowest BCUT2D eigenvalue weighted by atomic mass is 10.1. The first-order valence-corrected chi connectivity index (χ1v) is 10.4. The van der Waals surface area contributed by atoms with Crippen LogP contribution in [-0.2, 0) is 7.05 Å². The van der Waals surface area contributed by atoms with Crippen LogP contribution in [0.1, 0.15) is 23.7 Å². The number of hydrogen-bond donors (Lipinski definition) is 0. The Kier molecular flexibility index (Phi) is 5.23. The fraction of sp³-hybridized carbons (Fsp3) is 0.318. The number of urea groups is 1. The van der Waals surface area contributed by atoms with E-state index in [0.29, 0.717) is 17.7 Å². The van der Waals surface area contributed by atoms with E-state index in [0.717, 1.165) is 23.8 Å². The Balaban J connectivity index is 1.24. The molecule has 0 unspecified atom stereocenters. The zero-order chi connectivity index (χ0) is 23.1. The number of nitrogens with zero attached hydrogens (tertiary/aromatic N) is 7. The molecule has 11 heteroatoms. The van der Waals surface area contributed by atoms with Crippen LogP contribution in [0.2, 0.25) is 0 Å². The number of aromatic nitrogens is 4. The normalized spacial score (nSPS) is 18.0. The van der Waals surface area contributed by atoms with Crippen LogP contribution >= 0.6 is 0 Å². The molecule has 1 saturated heterocycles. The van der Waals surface area contributed by atoms with E-state index in [-0.39, 0.29) is 31.0 Å². The number of aryl methyl sites for hydroxylation is 2. The SMILES string of the molecule is Cc1cc(-c2cc(OC3CN(C(=O)N4N=CC[C@H]4c4cncc(F)c4)C3)c(F)cn2)n(C)n1. The van der Waals surface area contributed by atoms with Crippen LogP contribution in [0.15, 0.2) is 41.9 Å². The number of carbonyl (C=O) groups is 1. The monoisotopic (exact) mass is 453 g/mol. The van der Waals surface area contributed by atoms with Gasteiger partial charge in [0.25, 0.3) is 0 Å². The van der Waals surface area contributed by atoms with Gasteiger partial charge in [-0.1, -0.05) is 0 Å². The van der Waals surface area contributed by atoms with E-state index in [9.17, 15) is 13.6 Å². The van der Waals surface area contributed by atoms with Crippen molar-refractivity contribution >= 4 is 12.2 Å². The van der Waals surface area contributed by atoms with E-state index in [2.05, 4.69) is 20.2 Å². The maximum absolute atomic E-state index is 14.3. The van der Waals surface area contributed by atoms with Gasteiger partial charge in [0, 0.05) is 31.9 Å². The van der Waals surface area contributed by atoms with E-state index >= 15 is 0 Å². The summed E-state index contributed by atoms with van der Waals surface area (Å²) >= 11 is 0. The van der Waals surface area contributed by atoms with Crippen molar-refractivity contribution in [2.45, 2.75) is 25.5 Å². The molecule has 5 heterocycles. The molecule has 0 bridgehead atoms. The molecule has 1 atom stereocenters. The third-order valence-corrected chi connectivity index (χ3v) is 5.63. The molecule has 0 aromatic carbocycles. The van der Waals surface area contributed by atoms with E-state index in [1.807, 2.05) is 13.0 Å². The summed E-state index contributed by atoms with van der Waals surface area (Å²) in [6.45, 7) is 2.42. The first kappa shape index (κ1) is 21.0. The first-order chi connectivity index (χ1) is 15.9. The molecule has 2 aliphatic heterocycles. The van der Waals surface area contributed by atoms with Gasteiger partial charge in [0.05, 0.1) is 48.6 Å². The van der Waals surface area contributed by atoms with Crippen molar-refractivity contribution in [3.8, 4) is 17.1 Å². The summed E-state index contributed by atoms with van der Waals surface area (Å²) in [5, 5.41) is 9.76. The summed E-state index contributed by atoms with van der Waals surface area (Å²) in [6.07, 6.45) is 5.48. The van der Waals surface area contributed by atoms with E-state index in [1.165, 1.54) is 23.3 Å². The molecule has 170 valence electrons. The fourth-order valence-corrected chi connectivity index (χ4v) is 3.98. The predicted octanol–water partition coefficient (Wildman–Crippen LogP) is 3.08. The number of rotatable bonds is 4. The third-order valence-electron chi connectivity index (χ3n) is 5.63. The standard InChI is InChI=1S/C22H21F2N7O2/c1-13-5-20(29(2)28-13)18-7-21(17(24)10-26-18)33-16-11-30(12-16)22(32)31-19(3-4-27-31)14-6-15(23)9-25-8-14/h4-10,16,19H,3,11-12H2,1-2H3/t19-/m0/s1. The lowest BCUT2D eigenvalue weighted by Crippen LogP contribution is -2.58. The smallest absolute Gasteiger partial charge is 0.341 e. The number of pyridine rings is 2. The molecule has 0 spiro atoms. The van der Waals surface area contributed by atoms with E-state index < -0.39 is 17.7 Å². The van der Waals surface area contributed by atoms with Crippen molar-refractivity contribution in [2.75, 3.05) is 13.1 Å². The fourth-order valence-electron chi connectivity index (χ4n) is 3.98. The molecule has 0 saturated carbocycles. The van der Waals surface area contributed by atoms with Crippen LogP contribution in [0, 0.1) is 18.6 Å². The second-order valence-corrected chi connectivity index (χ2v) is 8.05. The summed E-state index contributed by atoms with van der Waals surface area (Å²) in [4.78, 5) is 22.5. The highest BCUT2D eigenvalue weighted by molar-refractivity contribution is 5.79. The predicted molar refractivity (Wildman–Crippen MR) is 114 cm³/mol. The topological polar surface area (TPSA) is 88.7 Å². The second kappa shape index (κ2) is 8.23. The number of ether oxygens (including phenoxy) is 1. The third kappa shape index (κ3) is 4.01. The number of hydrogen-bond acceptors (Lipinski definition) is 6. The van der Waals surface area contributed by atoms with Gasteiger partial charge < -0.3 is 9.64 Å². The van der Waals surface area contributed by atoms with Crippen molar-refractivity contribution in [3.05, 3.63) is 59.7 Å². The number of carbonyl (C=O) groups excluding carboxylic acids is 1. The van der Waals surface area contributed by atoms with Crippen molar-refractivity contribution in [3.63, 3.8) is 0 Å². The lowest BCUT2D eigenvalue weighted by molar-refractivity contribution is 0.0256. The Hall–Kier alpha value is -3.89. The molecule has 1 fully saturated rings. The summed E-state index contributed by atoms with van der Waals surface area (Å²) < 4.78 is 35.4. The van der Waals surface area contributed by atoms with Gasteiger partial charge in [0.2, 0.25) is 0 Å². The largest absolute Gasteiger partial charge is 0.483 e. The van der Waals surface area contributed by atoms with Crippen LogP contribution in [0.5, 0.6) is 5.75 Å². The zero-order valence-electron chi connectivity index (χ0n) is 18.0. The van der Waals surface area contributed by atoms with Crippen LogP contribution in [0.4, 0.5) is 13.6 Å². The van der Waals surface area contributed by atoms with Gasteiger partial charge in [-0.05, 0) is 24.6 Å². The molecule has 3 aromatic rings. The van der Waals surface area contributed by atoms with Gasteiger partial charge in [-0.3, -0.25) is 14.6 Å². The maximum atomic E-state index is 14.3. The van der Waals surface area contributed by atoms with Crippen LogP contribution in [0.25, 0.3) is 11.4 Å². The van der Waals surface area contributed by atoms with Gasteiger partial charge >= 0.3 is 6.03 Å². The highest BCUT2D eigenvalue weighted by Gasteiger charge is 2.39. The van der Waals surface area contributed by atoms with Crippen molar-refractivity contribution in [1.82, 2.24) is 29.7 Å². The molecule has 9 nitrogen and oxygen atoms in total. The van der Waals surface area contributed by atoms with Crippen molar-refractivity contribution in [1.29, 1.82) is 0 Å². The summed E-state index contributed by atoms with van der Waals surface area (Å²) in [5.74, 6) is -0.978.